The number of amides is 3. The molecular weight excluding hydrogens is 155 g/mol. The molecule has 0 aromatic rings. The van der Waals surface area contributed by atoms with Crippen LogP contribution in [0.25, 0.3) is 0 Å². The number of imide groups is 1. The van der Waals surface area contributed by atoms with E-state index in [9.17, 15) is 14.0 Å². The highest BCUT2D eigenvalue weighted by Gasteiger charge is 2.35. The Labute approximate surface area is 61.9 Å². The van der Waals surface area contributed by atoms with Crippen molar-refractivity contribution in [1.82, 2.24) is 10.6 Å². The van der Waals surface area contributed by atoms with E-state index in [1.54, 1.807) is 5.32 Å². The minimum atomic E-state index is -1.84. The Bertz CT molecular complexity index is 196. The van der Waals surface area contributed by atoms with E-state index in [0.29, 0.717) is 0 Å². The number of ether oxygens (including phenoxy) is 1. The largest absolute Gasteiger partial charge is 0.358 e. The third kappa shape index (κ3) is 1.45. The first-order valence-electron chi connectivity index (χ1n) is 2.93. The number of hydrogen-bond acceptors (Lipinski definition) is 3. The molecule has 1 heterocycles. The van der Waals surface area contributed by atoms with Gasteiger partial charge in [-0.2, -0.15) is 0 Å². The van der Waals surface area contributed by atoms with Gasteiger partial charge in [0.2, 0.25) is 6.17 Å². The van der Waals surface area contributed by atoms with Gasteiger partial charge >= 0.3 is 6.03 Å². The molecule has 0 aromatic carbocycles. The van der Waals surface area contributed by atoms with E-state index in [1.165, 1.54) is 7.11 Å². The molecule has 3 amide bonds. The molecule has 1 saturated heterocycles. The summed E-state index contributed by atoms with van der Waals surface area (Å²) in [7, 11) is 1.20. The van der Waals surface area contributed by atoms with Crippen molar-refractivity contribution in [3.63, 3.8) is 0 Å². The first kappa shape index (κ1) is 7.93. The molecule has 1 fully saturated rings. The monoisotopic (exact) mass is 162 g/mol. The summed E-state index contributed by atoms with van der Waals surface area (Å²) in [5.74, 6) is -0.972. The van der Waals surface area contributed by atoms with Crippen LogP contribution in [0.5, 0.6) is 0 Å². The number of rotatable bonds is 1. The predicted octanol–water partition coefficient (Wildman–Crippen LogP) is -0.864. The minimum absolute atomic E-state index is 0.740. The molecule has 0 unspecified atom stereocenters. The first-order chi connectivity index (χ1) is 5.15. The zero-order valence-electron chi connectivity index (χ0n) is 5.76. The lowest BCUT2D eigenvalue weighted by atomic mass is 10.3. The summed E-state index contributed by atoms with van der Waals surface area (Å²) in [6.45, 7) is 0. The molecule has 0 aliphatic carbocycles. The van der Waals surface area contributed by atoms with Crippen LogP contribution in [-0.4, -0.2) is 31.4 Å². The summed E-state index contributed by atoms with van der Waals surface area (Å²) < 4.78 is 17.1. The maximum atomic E-state index is 12.7. The quantitative estimate of drug-likeness (QED) is 0.527. The molecule has 5 nitrogen and oxygen atoms in total. The fraction of sp³-hybridized carbons (Fsp3) is 0.600. The highest BCUT2D eigenvalue weighted by atomic mass is 19.1. The van der Waals surface area contributed by atoms with Crippen LogP contribution in [0.2, 0.25) is 0 Å². The van der Waals surface area contributed by atoms with Crippen molar-refractivity contribution in [2.24, 2.45) is 0 Å². The van der Waals surface area contributed by atoms with E-state index >= 15 is 0 Å². The van der Waals surface area contributed by atoms with Crippen molar-refractivity contribution in [3.8, 4) is 0 Å². The smallest absolute Gasteiger partial charge is 0.323 e. The Kier molecular flexibility index (Phi) is 2.04. The lowest BCUT2D eigenvalue weighted by Gasteiger charge is -2.24. The van der Waals surface area contributed by atoms with Crippen LogP contribution < -0.4 is 10.6 Å². The maximum Gasteiger partial charge on any atom is 0.323 e. The van der Waals surface area contributed by atoms with Gasteiger partial charge in [-0.15, -0.1) is 0 Å². The average Bonchev–Trinajstić information content (AvgIpc) is 1.96. The molecule has 1 aliphatic heterocycles. The molecule has 1 rings (SSSR count). The highest BCUT2D eigenvalue weighted by molar-refractivity contribution is 5.99. The number of hydrogen-bond donors (Lipinski definition) is 2. The third-order valence-electron chi connectivity index (χ3n) is 1.28. The van der Waals surface area contributed by atoms with Gasteiger partial charge in [0.1, 0.15) is 0 Å². The summed E-state index contributed by atoms with van der Waals surface area (Å²) >= 11 is 0. The molecule has 0 radical (unpaired) electrons. The molecular formula is C5H7FN2O3. The van der Waals surface area contributed by atoms with Gasteiger partial charge in [-0.1, -0.05) is 0 Å². The van der Waals surface area contributed by atoms with Gasteiger partial charge in [-0.05, 0) is 0 Å². The summed E-state index contributed by atoms with van der Waals surface area (Å²) in [6.07, 6.45) is -3.01. The molecule has 62 valence electrons. The Morgan fingerprint density at radius 1 is 1.55 bits per heavy atom. The lowest BCUT2D eigenvalue weighted by molar-refractivity contribution is -0.132. The SMILES string of the molecule is CO[C@H]1NC(=O)NC(=O)[C@H]1F. The second-order valence-electron chi connectivity index (χ2n) is 2.02. The summed E-state index contributed by atoms with van der Waals surface area (Å²) in [4.78, 5) is 21.0. The van der Waals surface area contributed by atoms with E-state index < -0.39 is 24.3 Å². The third-order valence-corrected chi connectivity index (χ3v) is 1.28. The van der Waals surface area contributed by atoms with Crippen molar-refractivity contribution in [2.45, 2.75) is 12.4 Å². The second-order valence-corrected chi connectivity index (χ2v) is 2.02. The van der Waals surface area contributed by atoms with Gasteiger partial charge in [0.05, 0.1) is 0 Å². The lowest BCUT2D eigenvalue weighted by Crippen LogP contribution is -2.60. The Morgan fingerprint density at radius 3 is 2.73 bits per heavy atom. The topological polar surface area (TPSA) is 67.4 Å². The number of halogens is 1. The van der Waals surface area contributed by atoms with Crippen LogP contribution in [0, 0.1) is 0 Å². The van der Waals surface area contributed by atoms with Gasteiger partial charge < -0.3 is 10.1 Å². The van der Waals surface area contributed by atoms with Gasteiger partial charge in [0.15, 0.2) is 6.23 Å². The van der Waals surface area contributed by atoms with Crippen LogP contribution in [0.4, 0.5) is 9.18 Å². The number of urea groups is 1. The molecule has 11 heavy (non-hydrogen) atoms. The first-order valence-corrected chi connectivity index (χ1v) is 2.93. The van der Waals surface area contributed by atoms with E-state index in [1.807, 2.05) is 0 Å². The Balaban J connectivity index is 2.66. The molecule has 0 bridgehead atoms. The van der Waals surface area contributed by atoms with Crippen molar-refractivity contribution >= 4 is 11.9 Å². The van der Waals surface area contributed by atoms with E-state index in [-0.39, 0.29) is 0 Å². The fourth-order valence-corrected chi connectivity index (χ4v) is 0.735. The second kappa shape index (κ2) is 2.83. The van der Waals surface area contributed by atoms with Gasteiger partial charge in [-0.3, -0.25) is 10.1 Å². The van der Waals surface area contributed by atoms with Crippen molar-refractivity contribution < 1.29 is 18.7 Å². The summed E-state index contributed by atoms with van der Waals surface area (Å²) in [5.41, 5.74) is 0. The van der Waals surface area contributed by atoms with Crippen LogP contribution in [-0.2, 0) is 9.53 Å². The zero-order chi connectivity index (χ0) is 8.43. The Hall–Kier alpha value is -1.17. The van der Waals surface area contributed by atoms with Gasteiger partial charge in [0, 0.05) is 7.11 Å². The van der Waals surface area contributed by atoms with E-state index in [2.05, 4.69) is 10.1 Å². The minimum Gasteiger partial charge on any atom is -0.358 e. The molecule has 2 N–H and O–H groups in total. The number of carbonyl (C=O) groups excluding carboxylic acids is 2. The van der Waals surface area contributed by atoms with Crippen molar-refractivity contribution in [3.05, 3.63) is 0 Å². The normalized spacial score (nSPS) is 31.1. The van der Waals surface area contributed by atoms with Crippen LogP contribution >= 0.6 is 0 Å². The molecule has 2 atom stereocenters. The van der Waals surface area contributed by atoms with Crippen LogP contribution in [0.3, 0.4) is 0 Å². The molecule has 6 heteroatoms. The van der Waals surface area contributed by atoms with Crippen LogP contribution in [0.15, 0.2) is 0 Å². The summed E-state index contributed by atoms with van der Waals surface area (Å²) in [5, 5.41) is 3.83. The molecule has 0 aromatic heterocycles. The van der Waals surface area contributed by atoms with Crippen molar-refractivity contribution in [1.29, 1.82) is 0 Å². The zero-order valence-corrected chi connectivity index (χ0v) is 5.76. The molecule has 1 aliphatic rings. The fourth-order valence-electron chi connectivity index (χ4n) is 0.735. The van der Waals surface area contributed by atoms with Crippen molar-refractivity contribution in [2.75, 3.05) is 7.11 Å². The highest BCUT2D eigenvalue weighted by Crippen LogP contribution is 2.03. The predicted molar refractivity (Wildman–Crippen MR) is 32.4 cm³/mol. The van der Waals surface area contributed by atoms with E-state index in [0.717, 1.165) is 0 Å². The maximum absolute atomic E-state index is 12.7. The molecule has 0 spiro atoms. The van der Waals surface area contributed by atoms with Gasteiger partial charge in [0.25, 0.3) is 5.91 Å². The standard InChI is InChI=1S/C5H7FN2O3/c1-11-4-2(6)3(9)7-5(10)8-4/h2,4H,1H3,(H2,7,8,9,10)/t2-,4-/m1/s1. The molecule has 0 saturated carbocycles. The van der Waals surface area contributed by atoms with Gasteiger partial charge in [-0.25, -0.2) is 9.18 Å². The van der Waals surface area contributed by atoms with Crippen LogP contribution in [0.1, 0.15) is 0 Å². The summed E-state index contributed by atoms with van der Waals surface area (Å²) in [6, 6.07) is -0.740. The number of alkyl halides is 1. The number of carbonyl (C=O) groups is 2. The van der Waals surface area contributed by atoms with E-state index in [4.69, 9.17) is 0 Å². The number of methoxy groups -OCH3 is 1. The Morgan fingerprint density at radius 2 is 2.18 bits per heavy atom. The average molecular weight is 162 g/mol. The number of nitrogens with one attached hydrogen (secondary N) is 2.